The van der Waals surface area contributed by atoms with Gasteiger partial charge >= 0.3 is 0 Å². The van der Waals surface area contributed by atoms with Gasteiger partial charge in [0, 0.05) is 53.8 Å². The summed E-state index contributed by atoms with van der Waals surface area (Å²) in [6, 6.07) is 9.37. The number of aromatic nitrogens is 2. The Kier molecular flexibility index (Phi) is 4.96. The first-order chi connectivity index (χ1) is 14.0. The van der Waals surface area contributed by atoms with Gasteiger partial charge in [-0.15, -0.1) is 0 Å². The Labute approximate surface area is 168 Å². The summed E-state index contributed by atoms with van der Waals surface area (Å²) in [5, 5.41) is 5.28. The molecule has 3 heterocycles. The van der Waals surface area contributed by atoms with Gasteiger partial charge in [0.05, 0.1) is 6.04 Å². The number of nitrogens with two attached hydrogens (primary N) is 1. The minimum Gasteiger partial charge on any atom is -0.364 e. The highest BCUT2D eigenvalue weighted by Crippen LogP contribution is 2.33. The summed E-state index contributed by atoms with van der Waals surface area (Å²) in [6.07, 6.45) is 2.51. The zero-order valence-electron chi connectivity index (χ0n) is 16.5. The van der Waals surface area contributed by atoms with Crippen molar-refractivity contribution < 1.29 is 4.79 Å². The van der Waals surface area contributed by atoms with Gasteiger partial charge in [-0.05, 0) is 48.8 Å². The Bertz CT molecular complexity index is 1130. The lowest BCUT2D eigenvalue weighted by Gasteiger charge is -2.25. The molecule has 0 aliphatic carbocycles. The van der Waals surface area contributed by atoms with E-state index < -0.39 is 11.9 Å². The zero-order chi connectivity index (χ0) is 20.5. The molecule has 1 aliphatic heterocycles. The average molecular weight is 389 g/mol. The highest BCUT2D eigenvalue weighted by molar-refractivity contribution is 5.90. The normalized spacial score (nSPS) is 15.0. The van der Waals surface area contributed by atoms with Crippen LogP contribution in [0.2, 0.25) is 0 Å². The standard InChI is InChI=1S/C21H23N7O/c1-13-3-6-19-15(9-13)16-11-27(2)8-7-20(16)28(19)12-18(25-26-23)14-4-5-17(21(22)29)24-10-14/h3-6,9-10,18H,7-8,11-12H2,1-2H3,(H2,22,29). The van der Waals surface area contributed by atoms with Crippen molar-refractivity contribution in [1.29, 1.82) is 0 Å². The second-order valence-corrected chi connectivity index (χ2v) is 7.61. The van der Waals surface area contributed by atoms with E-state index in [0.717, 1.165) is 30.6 Å². The summed E-state index contributed by atoms with van der Waals surface area (Å²) in [6.45, 7) is 4.51. The molecule has 4 rings (SSSR count). The van der Waals surface area contributed by atoms with Gasteiger partial charge in [0.1, 0.15) is 5.69 Å². The second kappa shape index (κ2) is 7.58. The minimum atomic E-state index is -0.582. The van der Waals surface area contributed by atoms with Crippen LogP contribution in [0.15, 0.2) is 41.6 Å². The van der Waals surface area contributed by atoms with Crippen LogP contribution in [0.1, 0.15) is 38.9 Å². The maximum absolute atomic E-state index is 11.3. The van der Waals surface area contributed by atoms with Gasteiger partial charge < -0.3 is 15.2 Å². The number of rotatable bonds is 5. The second-order valence-electron chi connectivity index (χ2n) is 7.61. The number of fused-ring (bicyclic) bond motifs is 3. The number of carbonyl (C=O) groups is 1. The molecular formula is C21H23N7O. The number of benzene rings is 1. The van der Waals surface area contributed by atoms with Crippen molar-refractivity contribution in [2.75, 3.05) is 13.6 Å². The molecular weight excluding hydrogens is 366 g/mol. The Balaban J connectivity index is 1.79. The van der Waals surface area contributed by atoms with E-state index in [2.05, 4.69) is 56.6 Å². The third-order valence-electron chi connectivity index (χ3n) is 5.57. The van der Waals surface area contributed by atoms with E-state index in [1.165, 1.54) is 22.2 Å². The third kappa shape index (κ3) is 3.55. The molecule has 29 heavy (non-hydrogen) atoms. The molecule has 1 aromatic carbocycles. The topological polar surface area (TPSA) is 113 Å². The summed E-state index contributed by atoms with van der Waals surface area (Å²) in [5.74, 6) is -0.582. The van der Waals surface area contributed by atoms with Crippen LogP contribution in [0.5, 0.6) is 0 Å². The third-order valence-corrected chi connectivity index (χ3v) is 5.57. The van der Waals surface area contributed by atoms with Gasteiger partial charge in [-0.2, -0.15) is 0 Å². The highest BCUT2D eigenvalue weighted by atomic mass is 16.1. The van der Waals surface area contributed by atoms with Crippen LogP contribution in [-0.2, 0) is 19.5 Å². The first-order valence-corrected chi connectivity index (χ1v) is 9.57. The van der Waals surface area contributed by atoms with E-state index in [9.17, 15) is 4.79 Å². The number of nitrogens with zero attached hydrogens (tertiary/aromatic N) is 6. The number of aryl methyl sites for hydroxylation is 1. The van der Waals surface area contributed by atoms with Crippen LogP contribution < -0.4 is 5.73 Å². The number of primary amides is 1. The predicted octanol–water partition coefficient (Wildman–Crippen LogP) is 3.48. The summed E-state index contributed by atoms with van der Waals surface area (Å²) in [4.78, 5) is 20.8. The van der Waals surface area contributed by atoms with Gasteiger partial charge in [0.15, 0.2) is 0 Å². The average Bonchev–Trinajstić information content (AvgIpc) is 3.00. The number of pyridine rings is 1. The molecule has 3 aromatic rings. The maximum Gasteiger partial charge on any atom is 0.267 e. The molecule has 0 fully saturated rings. The van der Waals surface area contributed by atoms with E-state index in [1.54, 1.807) is 18.3 Å². The number of carbonyl (C=O) groups excluding carboxylic acids is 1. The van der Waals surface area contributed by atoms with Crippen molar-refractivity contribution in [1.82, 2.24) is 14.5 Å². The molecule has 1 amide bonds. The first-order valence-electron chi connectivity index (χ1n) is 9.57. The fourth-order valence-electron chi connectivity index (χ4n) is 4.10. The summed E-state index contributed by atoms with van der Waals surface area (Å²) in [5.41, 5.74) is 20.4. The number of amides is 1. The zero-order valence-corrected chi connectivity index (χ0v) is 16.5. The lowest BCUT2D eigenvalue weighted by Crippen LogP contribution is -2.27. The Morgan fingerprint density at radius 3 is 2.90 bits per heavy atom. The molecule has 0 bridgehead atoms. The number of hydrogen-bond donors (Lipinski definition) is 1. The van der Waals surface area contributed by atoms with E-state index in [0.29, 0.717) is 6.54 Å². The van der Waals surface area contributed by atoms with Crippen molar-refractivity contribution in [3.63, 3.8) is 0 Å². The molecule has 2 aromatic heterocycles. The lowest BCUT2D eigenvalue weighted by molar-refractivity contribution is 0.0995. The van der Waals surface area contributed by atoms with Crippen LogP contribution in [0.25, 0.3) is 21.3 Å². The monoisotopic (exact) mass is 389 g/mol. The van der Waals surface area contributed by atoms with Crippen molar-refractivity contribution in [3.8, 4) is 0 Å². The Hall–Kier alpha value is -3.35. The molecule has 1 unspecified atom stereocenters. The number of hydrogen-bond acceptors (Lipinski definition) is 4. The molecule has 0 saturated heterocycles. The van der Waals surface area contributed by atoms with E-state index in [-0.39, 0.29) is 5.69 Å². The summed E-state index contributed by atoms with van der Waals surface area (Å²) in [7, 11) is 2.14. The predicted molar refractivity (Wildman–Crippen MR) is 111 cm³/mol. The summed E-state index contributed by atoms with van der Waals surface area (Å²) < 4.78 is 2.28. The van der Waals surface area contributed by atoms with Crippen molar-refractivity contribution in [2.45, 2.75) is 32.5 Å². The SMILES string of the molecule is Cc1ccc2c(c1)c1c(n2CC(N=[N+]=[N-])c2ccc(C(N)=O)nc2)CCN(C)C1. The number of azide groups is 1. The van der Waals surface area contributed by atoms with E-state index in [4.69, 9.17) is 11.3 Å². The largest absolute Gasteiger partial charge is 0.364 e. The Morgan fingerprint density at radius 1 is 1.38 bits per heavy atom. The number of likely N-dealkylation sites (N-methyl/N-ethyl adjacent to an activating group) is 1. The van der Waals surface area contributed by atoms with Gasteiger partial charge in [-0.1, -0.05) is 22.8 Å². The van der Waals surface area contributed by atoms with Crippen LogP contribution >= 0.6 is 0 Å². The van der Waals surface area contributed by atoms with Crippen molar-refractivity contribution in [2.24, 2.45) is 10.8 Å². The van der Waals surface area contributed by atoms with Gasteiger partial charge in [0.2, 0.25) is 0 Å². The molecule has 0 saturated carbocycles. The van der Waals surface area contributed by atoms with E-state index >= 15 is 0 Å². The molecule has 8 nitrogen and oxygen atoms in total. The van der Waals surface area contributed by atoms with Crippen LogP contribution in [0.4, 0.5) is 0 Å². The molecule has 2 N–H and O–H groups in total. The van der Waals surface area contributed by atoms with Gasteiger partial charge in [-0.25, -0.2) is 0 Å². The fourth-order valence-corrected chi connectivity index (χ4v) is 4.10. The van der Waals surface area contributed by atoms with Crippen LogP contribution in [-0.4, -0.2) is 34.0 Å². The molecule has 148 valence electrons. The van der Waals surface area contributed by atoms with Gasteiger partial charge in [0.25, 0.3) is 5.91 Å². The fraction of sp³-hybridized carbons (Fsp3) is 0.333. The molecule has 1 atom stereocenters. The smallest absolute Gasteiger partial charge is 0.267 e. The summed E-state index contributed by atoms with van der Waals surface area (Å²) >= 11 is 0. The lowest BCUT2D eigenvalue weighted by atomic mass is 10.0. The molecule has 1 aliphatic rings. The van der Waals surface area contributed by atoms with Crippen molar-refractivity contribution in [3.05, 3.63) is 75.0 Å². The first kappa shape index (κ1) is 19.0. The molecule has 0 radical (unpaired) electrons. The van der Waals surface area contributed by atoms with Gasteiger partial charge in [-0.3, -0.25) is 9.78 Å². The quantitative estimate of drug-likeness (QED) is 0.409. The van der Waals surface area contributed by atoms with Crippen LogP contribution in [0.3, 0.4) is 0 Å². The highest BCUT2D eigenvalue weighted by Gasteiger charge is 2.24. The van der Waals surface area contributed by atoms with E-state index in [1.807, 2.05) is 0 Å². The minimum absolute atomic E-state index is 0.191. The molecule has 8 heteroatoms. The van der Waals surface area contributed by atoms with Crippen LogP contribution in [0, 0.1) is 6.92 Å². The maximum atomic E-state index is 11.3. The van der Waals surface area contributed by atoms with Crippen molar-refractivity contribution >= 4 is 16.8 Å². The Morgan fingerprint density at radius 2 is 2.21 bits per heavy atom. The molecule has 0 spiro atoms.